The summed E-state index contributed by atoms with van der Waals surface area (Å²) in [7, 11) is 2.68. The molecule has 13 heteroatoms. The molecule has 0 bridgehead atoms. The van der Waals surface area contributed by atoms with Gasteiger partial charge < -0.3 is 39.8 Å². The molecule has 1 saturated heterocycles. The van der Waals surface area contributed by atoms with Crippen molar-refractivity contribution in [2.24, 2.45) is 11.8 Å². The van der Waals surface area contributed by atoms with Gasteiger partial charge in [0, 0.05) is 23.4 Å². The number of amides is 3. The smallest absolute Gasteiger partial charge is 0.496 e. The fourth-order valence-corrected chi connectivity index (χ4v) is 4.64. The number of hydrogen-bond donors (Lipinski definition) is 4. The van der Waals surface area contributed by atoms with E-state index in [2.05, 4.69) is 20.4 Å². The van der Waals surface area contributed by atoms with Crippen LogP contribution >= 0.6 is 0 Å². The van der Waals surface area contributed by atoms with E-state index < -0.39 is 48.4 Å². The van der Waals surface area contributed by atoms with Crippen molar-refractivity contribution < 1.29 is 43.3 Å². The standard InChI is InChI=1S/C27H36N4O9/c1-15(2)10-20(30-25(35)21-12-17-18(28-21)6-5-7-23(17)38-3)24(34)29-19(22(33)13-32)11-16-8-9-31(26(16)36)14-40-27(37)39-4/h5-7,12,15-16,19-20,28,32H,8-11,13-14H2,1-4H3,(H,29,34)(H,30,35)/t16-,19-,20-/m0/s1. The Morgan fingerprint density at radius 2 is 1.90 bits per heavy atom. The number of hydrogen-bond acceptors (Lipinski definition) is 9. The van der Waals surface area contributed by atoms with Gasteiger partial charge in [-0.2, -0.15) is 0 Å². The molecule has 0 aliphatic carbocycles. The molecule has 218 valence electrons. The highest BCUT2D eigenvalue weighted by Crippen LogP contribution is 2.26. The number of ketones is 1. The molecule has 1 aliphatic heterocycles. The number of aromatic amines is 1. The average molecular weight is 561 g/mol. The predicted molar refractivity (Wildman–Crippen MR) is 142 cm³/mol. The molecule has 3 rings (SSSR count). The Bertz CT molecular complexity index is 1240. The third-order valence-corrected chi connectivity index (χ3v) is 6.71. The summed E-state index contributed by atoms with van der Waals surface area (Å²) < 4.78 is 14.6. The van der Waals surface area contributed by atoms with E-state index in [0.717, 1.165) is 7.11 Å². The maximum Gasteiger partial charge on any atom is 0.509 e. The van der Waals surface area contributed by atoms with E-state index in [9.17, 15) is 29.1 Å². The van der Waals surface area contributed by atoms with E-state index in [-0.39, 0.29) is 43.6 Å². The highest BCUT2D eigenvalue weighted by Gasteiger charge is 2.37. The van der Waals surface area contributed by atoms with Crippen LogP contribution in [0.1, 0.15) is 43.6 Å². The van der Waals surface area contributed by atoms with Crippen LogP contribution in [-0.4, -0.2) is 90.8 Å². The van der Waals surface area contributed by atoms with Crippen molar-refractivity contribution in [2.45, 2.75) is 45.2 Å². The molecule has 0 saturated carbocycles. The number of Topliss-reactive ketones (excluding diaryl/α,β-unsaturated/α-hetero) is 1. The monoisotopic (exact) mass is 560 g/mol. The van der Waals surface area contributed by atoms with E-state index in [0.29, 0.717) is 23.1 Å². The molecule has 0 spiro atoms. The summed E-state index contributed by atoms with van der Waals surface area (Å²) >= 11 is 0. The molecular weight excluding hydrogens is 524 g/mol. The summed E-state index contributed by atoms with van der Waals surface area (Å²) in [5.74, 6) is -2.17. The predicted octanol–water partition coefficient (Wildman–Crippen LogP) is 1.35. The first-order valence-corrected chi connectivity index (χ1v) is 13.0. The number of likely N-dealkylation sites (tertiary alicyclic amines) is 1. The first kappa shape index (κ1) is 30.4. The average Bonchev–Trinajstić information content (AvgIpc) is 3.53. The van der Waals surface area contributed by atoms with Crippen LogP contribution in [0, 0.1) is 11.8 Å². The number of fused-ring (bicyclic) bond motifs is 1. The highest BCUT2D eigenvalue weighted by atomic mass is 16.7. The van der Waals surface area contributed by atoms with Crippen LogP contribution in [0.3, 0.4) is 0 Å². The van der Waals surface area contributed by atoms with E-state index in [1.165, 1.54) is 12.0 Å². The maximum absolute atomic E-state index is 13.3. The molecule has 1 aromatic heterocycles. The van der Waals surface area contributed by atoms with Gasteiger partial charge in [-0.15, -0.1) is 0 Å². The maximum atomic E-state index is 13.3. The number of methoxy groups -OCH3 is 2. The lowest BCUT2D eigenvalue weighted by molar-refractivity contribution is -0.136. The summed E-state index contributed by atoms with van der Waals surface area (Å²) in [5.41, 5.74) is 0.921. The minimum Gasteiger partial charge on any atom is -0.496 e. The fourth-order valence-electron chi connectivity index (χ4n) is 4.64. The molecule has 1 aliphatic rings. The number of H-pyrrole nitrogens is 1. The van der Waals surface area contributed by atoms with E-state index >= 15 is 0 Å². The first-order chi connectivity index (χ1) is 19.1. The second-order valence-corrected chi connectivity index (χ2v) is 10.00. The number of nitrogens with one attached hydrogen (secondary N) is 3. The van der Waals surface area contributed by atoms with Crippen LogP contribution in [-0.2, 0) is 23.9 Å². The molecule has 3 atom stereocenters. The van der Waals surface area contributed by atoms with Gasteiger partial charge in [-0.1, -0.05) is 19.9 Å². The van der Waals surface area contributed by atoms with Crippen molar-refractivity contribution in [3.05, 3.63) is 30.0 Å². The van der Waals surface area contributed by atoms with Gasteiger partial charge in [0.2, 0.25) is 11.8 Å². The van der Waals surface area contributed by atoms with Gasteiger partial charge in [0.05, 0.1) is 20.3 Å². The minimum absolute atomic E-state index is 0.0191. The zero-order valence-electron chi connectivity index (χ0n) is 23.0. The number of benzene rings is 1. The zero-order chi connectivity index (χ0) is 29.4. The van der Waals surface area contributed by atoms with Gasteiger partial charge in [0.15, 0.2) is 12.5 Å². The Morgan fingerprint density at radius 1 is 1.15 bits per heavy atom. The Labute approximate surface area is 231 Å². The number of nitrogens with zero attached hydrogens (tertiary/aromatic N) is 1. The molecule has 1 fully saturated rings. The number of carbonyl (C=O) groups excluding carboxylic acids is 5. The molecule has 4 N–H and O–H groups in total. The van der Waals surface area contributed by atoms with Crippen LogP contribution in [0.4, 0.5) is 4.79 Å². The van der Waals surface area contributed by atoms with Crippen molar-refractivity contribution in [1.82, 2.24) is 20.5 Å². The second kappa shape index (κ2) is 13.8. The number of rotatable bonds is 13. The summed E-state index contributed by atoms with van der Waals surface area (Å²) in [5, 5.41) is 15.6. The quantitative estimate of drug-likeness (QED) is 0.263. The van der Waals surface area contributed by atoms with E-state index in [4.69, 9.17) is 9.47 Å². The molecule has 2 heterocycles. The summed E-state index contributed by atoms with van der Waals surface area (Å²) in [6, 6.07) is 4.84. The number of ether oxygens (including phenoxy) is 3. The molecule has 2 aromatic rings. The van der Waals surface area contributed by atoms with Crippen LogP contribution < -0.4 is 15.4 Å². The number of carbonyl (C=O) groups is 5. The van der Waals surface area contributed by atoms with Gasteiger partial charge in [0.25, 0.3) is 5.91 Å². The van der Waals surface area contributed by atoms with E-state index in [1.54, 1.807) is 24.3 Å². The summed E-state index contributed by atoms with van der Waals surface area (Å²) in [6.45, 7) is 2.93. The lowest BCUT2D eigenvalue weighted by Crippen LogP contribution is -2.53. The van der Waals surface area contributed by atoms with Gasteiger partial charge in [-0.25, -0.2) is 4.79 Å². The van der Waals surface area contributed by atoms with Crippen LogP contribution in [0.25, 0.3) is 10.9 Å². The Hall–Kier alpha value is -4.13. The van der Waals surface area contributed by atoms with E-state index in [1.807, 2.05) is 13.8 Å². The third-order valence-electron chi connectivity index (χ3n) is 6.71. The molecule has 40 heavy (non-hydrogen) atoms. The van der Waals surface area contributed by atoms with Crippen molar-refractivity contribution in [3.8, 4) is 5.75 Å². The largest absolute Gasteiger partial charge is 0.509 e. The van der Waals surface area contributed by atoms with Crippen molar-refractivity contribution in [1.29, 1.82) is 0 Å². The van der Waals surface area contributed by atoms with Crippen molar-refractivity contribution >= 4 is 40.6 Å². The zero-order valence-corrected chi connectivity index (χ0v) is 23.0. The molecule has 0 radical (unpaired) electrons. The molecule has 3 amide bonds. The Morgan fingerprint density at radius 3 is 2.55 bits per heavy atom. The van der Waals surface area contributed by atoms with Crippen molar-refractivity contribution in [2.75, 3.05) is 34.1 Å². The molecule has 13 nitrogen and oxygen atoms in total. The van der Waals surface area contributed by atoms with Gasteiger partial charge in [0.1, 0.15) is 24.1 Å². The summed E-state index contributed by atoms with van der Waals surface area (Å²) in [4.78, 5) is 67.3. The lowest BCUT2D eigenvalue weighted by Gasteiger charge is -2.25. The molecular formula is C27H36N4O9. The fraction of sp³-hybridized carbons (Fsp3) is 0.519. The Balaban J connectivity index is 1.70. The van der Waals surface area contributed by atoms with Crippen LogP contribution in [0.15, 0.2) is 24.3 Å². The summed E-state index contributed by atoms with van der Waals surface area (Å²) in [6.07, 6.45) is -0.336. The van der Waals surface area contributed by atoms with Gasteiger partial charge >= 0.3 is 6.16 Å². The minimum atomic E-state index is -1.16. The van der Waals surface area contributed by atoms with Crippen LogP contribution in [0.2, 0.25) is 0 Å². The second-order valence-electron chi connectivity index (χ2n) is 10.00. The first-order valence-electron chi connectivity index (χ1n) is 13.0. The SMILES string of the molecule is COC(=O)OCN1CC[C@@H](C[C@H](NC(=O)[C@H](CC(C)C)NC(=O)c2cc3c(OC)cccc3[nH]2)C(=O)CO)C1=O. The van der Waals surface area contributed by atoms with Crippen LogP contribution in [0.5, 0.6) is 5.75 Å². The normalized spacial score (nSPS) is 16.5. The van der Waals surface area contributed by atoms with Gasteiger partial charge in [-0.05, 0) is 43.4 Å². The molecule has 1 aromatic carbocycles. The molecule has 0 unspecified atom stereocenters. The van der Waals surface area contributed by atoms with Gasteiger partial charge in [-0.3, -0.25) is 19.2 Å². The highest BCUT2D eigenvalue weighted by molar-refractivity contribution is 6.02. The topological polar surface area (TPSA) is 176 Å². The lowest BCUT2D eigenvalue weighted by atomic mass is 9.95. The Kier molecular flexibility index (Phi) is 10.5. The number of aliphatic hydroxyl groups excluding tert-OH is 1. The van der Waals surface area contributed by atoms with Crippen molar-refractivity contribution in [3.63, 3.8) is 0 Å². The third kappa shape index (κ3) is 7.50. The number of aliphatic hydroxyl groups is 1. The number of aromatic nitrogens is 1.